The van der Waals surface area contributed by atoms with Gasteiger partial charge in [0.25, 0.3) is 0 Å². The maximum atomic E-state index is 8.65. The quantitative estimate of drug-likeness (QED) is 0.821. The van der Waals surface area contributed by atoms with E-state index in [-0.39, 0.29) is 6.61 Å². The average molecular weight is 214 g/mol. The minimum absolute atomic E-state index is 0.197. The number of aromatic amines is 1. The van der Waals surface area contributed by atoms with Gasteiger partial charge in [-0.15, -0.1) is 0 Å². The predicted molar refractivity (Wildman–Crippen MR) is 64.8 cm³/mol. The molecule has 0 aliphatic carbocycles. The summed E-state index contributed by atoms with van der Waals surface area (Å²) in [5, 5.41) is 8.65. The monoisotopic (exact) mass is 214 g/mol. The van der Waals surface area contributed by atoms with Gasteiger partial charge < -0.3 is 10.1 Å². The first-order valence-electron chi connectivity index (χ1n) is 5.26. The second-order valence-electron chi connectivity index (χ2n) is 3.50. The van der Waals surface area contributed by atoms with Crippen LogP contribution in [0.15, 0.2) is 42.9 Å². The Labute approximate surface area is 94.5 Å². The third-order valence-electron chi connectivity index (χ3n) is 2.33. The van der Waals surface area contributed by atoms with Crippen molar-refractivity contribution in [3.63, 3.8) is 0 Å². The van der Waals surface area contributed by atoms with Crippen molar-refractivity contribution in [2.24, 2.45) is 0 Å². The lowest BCUT2D eigenvalue weighted by Crippen LogP contribution is -1.79. The van der Waals surface area contributed by atoms with E-state index in [2.05, 4.69) is 9.97 Å². The molecule has 0 radical (unpaired) electrons. The molecule has 0 aliphatic rings. The Morgan fingerprint density at radius 2 is 2.06 bits per heavy atom. The second kappa shape index (κ2) is 5.28. The van der Waals surface area contributed by atoms with Crippen LogP contribution in [-0.4, -0.2) is 21.7 Å². The number of aromatic nitrogens is 2. The summed E-state index contributed by atoms with van der Waals surface area (Å²) >= 11 is 0. The van der Waals surface area contributed by atoms with Crippen LogP contribution >= 0.6 is 0 Å². The molecule has 0 atom stereocenters. The lowest BCUT2D eigenvalue weighted by molar-refractivity contribution is 0.303. The van der Waals surface area contributed by atoms with E-state index in [1.807, 2.05) is 36.4 Å². The Morgan fingerprint density at radius 3 is 2.69 bits per heavy atom. The summed E-state index contributed by atoms with van der Waals surface area (Å²) in [6, 6.07) is 8.19. The van der Waals surface area contributed by atoms with Gasteiger partial charge in [-0.2, -0.15) is 0 Å². The number of imidazole rings is 1. The highest BCUT2D eigenvalue weighted by atomic mass is 16.2. The summed E-state index contributed by atoms with van der Waals surface area (Å²) < 4.78 is 0. The SMILES string of the molecule is OCCC=Cc1ccc(-c2cnc[nH]2)cc1. The van der Waals surface area contributed by atoms with Crippen LogP contribution in [0.25, 0.3) is 17.3 Å². The van der Waals surface area contributed by atoms with Gasteiger partial charge in [-0.25, -0.2) is 4.98 Å². The molecule has 0 aliphatic heterocycles. The summed E-state index contributed by atoms with van der Waals surface area (Å²) in [6.07, 6.45) is 8.14. The van der Waals surface area contributed by atoms with Crippen LogP contribution in [0.5, 0.6) is 0 Å². The first-order chi connectivity index (χ1) is 7.90. The van der Waals surface area contributed by atoms with Gasteiger partial charge in [-0.1, -0.05) is 36.4 Å². The van der Waals surface area contributed by atoms with Crippen LogP contribution in [0.3, 0.4) is 0 Å². The van der Waals surface area contributed by atoms with Crippen LogP contribution in [0.2, 0.25) is 0 Å². The van der Waals surface area contributed by atoms with E-state index in [9.17, 15) is 0 Å². The van der Waals surface area contributed by atoms with Gasteiger partial charge in [-0.3, -0.25) is 0 Å². The minimum Gasteiger partial charge on any atom is -0.396 e. The standard InChI is InChI=1S/C13H14N2O/c16-8-2-1-3-11-4-6-12(7-5-11)13-9-14-10-15-13/h1,3-7,9-10,16H,2,8H2,(H,14,15). The van der Waals surface area contributed by atoms with Crippen molar-refractivity contribution in [1.29, 1.82) is 0 Å². The number of nitrogens with one attached hydrogen (secondary N) is 1. The van der Waals surface area contributed by atoms with Crippen LogP contribution in [-0.2, 0) is 0 Å². The molecule has 3 nitrogen and oxygen atoms in total. The molecule has 0 fully saturated rings. The molecule has 2 aromatic rings. The van der Waals surface area contributed by atoms with E-state index >= 15 is 0 Å². The first kappa shape index (κ1) is 10.6. The predicted octanol–water partition coefficient (Wildman–Crippen LogP) is 2.47. The van der Waals surface area contributed by atoms with Crippen molar-refractivity contribution in [1.82, 2.24) is 9.97 Å². The number of hydrogen-bond acceptors (Lipinski definition) is 2. The number of aliphatic hydroxyl groups excluding tert-OH is 1. The zero-order valence-corrected chi connectivity index (χ0v) is 8.93. The minimum atomic E-state index is 0.197. The Hall–Kier alpha value is -1.87. The van der Waals surface area contributed by atoms with Gasteiger partial charge in [0.05, 0.1) is 18.2 Å². The van der Waals surface area contributed by atoms with Crippen molar-refractivity contribution in [2.45, 2.75) is 6.42 Å². The van der Waals surface area contributed by atoms with Gasteiger partial charge in [0.1, 0.15) is 0 Å². The summed E-state index contributed by atoms with van der Waals surface area (Å²) in [6.45, 7) is 0.197. The Balaban J connectivity index is 2.11. The summed E-state index contributed by atoms with van der Waals surface area (Å²) in [5.74, 6) is 0. The van der Waals surface area contributed by atoms with Gasteiger partial charge in [-0.05, 0) is 17.5 Å². The number of H-pyrrole nitrogens is 1. The van der Waals surface area contributed by atoms with Crippen LogP contribution in [0.1, 0.15) is 12.0 Å². The smallest absolute Gasteiger partial charge is 0.0924 e. The maximum Gasteiger partial charge on any atom is 0.0924 e. The molecule has 2 rings (SSSR count). The van der Waals surface area contributed by atoms with Gasteiger partial charge >= 0.3 is 0 Å². The molecule has 2 N–H and O–H groups in total. The van der Waals surface area contributed by atoms with E-state index in [1.165, 1.54) is 0 Å². The summed E-state index contributed by atoms with van der Waals surface area (Å²) in [4.78, 5) is 7.05. The fourth-order valence-electron chi connectivity index (χ4n) is 1.48. The molecule has 0 unspecified atom stereocenters. The molecular weight excluding hydrogens is 200 g/mol. The van der Waals surface area contributed by atoms with Crippen molar-refractivity contribution < 1.29 is 5.11 Å². The molecule has 0 bridgehead atoms. The number of benzene rings is 1. The molecule has 0 saturated carbocycles. The number of rotatable bonds is 4. The number of nitrogens with zero attached hydrogens (tertiary/aromatic N) is 1. The highest BCUT2D eigenvalue weighted by molar-refractivity contribution is 5.61. The fourth-order valence-corrected chi connectivity index (χ4v) is 1.48. The second-order valence-corrected chi connectivity index (χ2v) is 3.50. The normalized spacial score (nSPS) is 11.1. The van der Waals surface area contributed by atoms with Crippen LogP contribution < -0.4 is 0 Å². The molecule has 82 valence electrons. The highest BCUT2D eigenvalue weighted by Gasteiger charge is 1.96. The molecular formula is C13H14N2O. The highest BCUT2D eigenvalue weighted by Crippen LogP contribution is 2.16. The largest absolute Gasteiger partial charge is 0.396 e. The van der Waals surface area contributed by atoms with E-state index in [4.69, 9.17) is 5.11 Å². The summed E-state index contributed by atoms with van der Waals surface area (Å²) in [5.41, 5.74) is 3.28. The molecule has 0 spiro atoms. The molecule has 1 heterocycles. The van der Waals surface area contributed by atoms with E-state index in [1.54, 1.807) is 12.5 Å². The van der Waals surface area contributed by atoms with Crippen LogP contribution in [0, 0.1) is 0 Å². The van der Waals surface area contributed by atoms with Gasteiger partial charge in [0.2, 0.25) is 0 Å². The van der Waals surface area contributed by atoms with Crippen molar-refractivity contribution in [3.8, 4) is 11.3 Å². The molecule has 3 heteroatoms. The molecule has 0 amide bonds. The van der Waals surface area contributed by atoms with Crippen molar-refractivity contribution >= 4 is 6.08 Å². The van der Waals surface area contributed by atoms with E-state index in [0.717, 1.165) is 16.8 Å². The number of hydrogen-bond donors (Lipinski definition) is 2. The first-order valence-corrected chi connectivity index (χ1v) is 5.26. The Bertz CT molecular complexity index is 443. The molecule has 0 saturated heterocycles. The molecule has 1 aromatic heterocycles. The Morgan fingerprint density at radius 1 is 1.25 bits per heavy atom. The molecule has 1 aromatic carbocycles. The zero-order valence-electron chi connectivity index (χ0n) is 8.93. The maximum absolute atomic E-state index is 8.65. The topological polar surface area (TPSA) is 48.9 Å². The molecule has 16 heavy (non-hydrogen) atoms. The van der Waals surface area contributed by atoms with Crippen molar-refractivity contribution in [3.05, 3.63) is 48.4 Å². The lowest BCUT2D eigenvalue weighted by atomic mass is 10.1. The van der Waals surface area contributed by atoms with E-state index in [0.29, 0.717) is 6.42 Å². The third-order valence-corrected chi connectivity index (χ3v) is 2.33. The van der Waals surface area contributed by atoms with Gasteiger partial charge in [0.15, 0.2) is 0 Å². The van der Waals surface area contributed by atoms with Gasteiger partial charge in [0, 0.05) is 6.61 Å². The third kappa shape index (κ3) is 2.58. The lowest BCUT2D eigenvalue weighted by Gasteiger charge is -1.98. The van der Waals surface area contributed by atoms with E-state index < -0.39 is 0 Å². The van der Waals surface area contributed by atoms with Crippen molar-refractivity contribution in [2.75, 3.05) is 6.61 Å². The Kier molecular flexibility index (Phi) is 3.51. The zero-order chi connectivity index (χ0) is 11.2. The summed E-state index contributed by atoms with van der Waals surface area (Å²) in [7, 11) is 0. The number of aliphatic hydroxyl groups is 1. The average Bonchev–Trinajstić information content (AvgIpc) is 2.84. The van der Waals surface area contributed by atoms with Crippen LogP contribution in [0.4, 0.5) is 0 Å². The fraction of sp³-hybridized carbons (Fsp3) is 0.154.